The van der Waals surface area contributed by atoms with Gasteiger partial charge in [-0.3, -0.25) is 4.79 Å². The maximum Gasteiger partial charge on any atom is 0.330 e. The Morgan fingerprint density at radius 2 is 1.20 bits per heavy atom. The van der Waals surface area contributed by atoms with Crippen LogP contribution in [0.1, 0.15) is 19.3 Å². The first kappa shape index (κ1) is 18.8. The lowest BCUT2D eigenvalue weighted by atomic mass is 9.99. The molecule has 0 heterocycles. The molecule has 0 amide bonds. The van der Waals surface area contributed by atoms with Crippen molar-refractivity contribution in [1.29, 1.82) is 0 Å². The van der Waals surface area contributed by atoms with E-state index in [1.807, 2.05) is 60.7 Å². The summed E-state index contributed by atoms with van der Waals surface area (Å²) in [4.78, 5) is 19.2. The third kappa shape index (κ3) is 8.22. The summed E-state index contributed by atoms with van der Waals surface area (Å²) in [5.41, 5.74) is 0. The molecule has 2 rings (SSSR count). The summed E-state index contributed by atoms with van der Waals surface area (Å²) in [6.07, 6.45) is 2.51. The van der Waals surface area contributed by atoms with Crippen LogP contribution in [0.25, 0.3) is 0 Å². The molecule has 0 radical (unpaired) electrons. The molecule has 0 atom stereocenters. The molecule has 0 saturated heterocycles. The standard InChI is InChI=1S/C20H24O5/c21-17-25-24-16-13-18(11-14-22-19-7-3-1-4-8-19)12-15-23-20-9-5-2-6-10-20/h1-10,17-18H,11-16H2. The summed E-state index contributed by atoms with van der Waals surface area (Å²) in [5.74, 6) is 2.08. The molecule has 0 fully saturated rings. The molecule has 0 aliphatic rings. The van der Waals surface area contributed by atoms with E-state index in [1.165, 1.54) is 0 Å². The van der Waals surface area contributed by atoms with Crippen LogP contribution < -0.4 is 9.47 Å². The summed E-state index contributed by atoms with van der Waals surface area (Å²) >= 11 is 0. The van der Waals surface area contributed by atoms with Gasteiger partial charge in [-0.2, -0.15) is 4.89 Å². The van der Waals surface area contributed by atoms with Crippen molar-refractivity contribution in [1.82, 2.24) is 0 Å². The van der Waals surface area contributed by atoms with Gasteiger partial charge in [-0.1, -0.05) is 36.4 Å². The van der Waals surface area contributed by atoms with E-state index in [-0.39, 0.29) is 6.47 Å². The minimum absolute atomic E-state index is 0.284. The van der Waals surface area contributed by atoms with Crippen LogP contribution in [0.4, 0.5) is 0 Å². The van der Waals surface area contributed by atoms with Gasteiger partial charge in [-0.05, 0) is 49.4 Å². The average Bonchev–Trinajstić information content (AvgIpc) is 2.66. The van der Waals surface area contributed by atoms with Crippen molar-refractivity contribution in [3.8, 4) is 11.5 Å². The van der Waals surface area contributed by atoms with E-state index in [2.05, 4.69) is 4.89 Å². The van der Waals surface area contributed by atoms with E-state index in [4.69, 9.17) is 14.4 Å². The Kier molecular flexibility index (Phi) is 8.97. The van der Waals surface area contributed by atoms with Crippen LogP contribution in [0.3, 0.4) is 0 Å². The highest BCUT2D eigenvalue weighted by Gasteiger charge is 2.10. The maximum atomic E-state index is 10.1. The Morgan fingerprint density at radius 3 is 1.68 bits per heavy atom. The first-order chi connectivity index (χ1) is 12.4. The molecule has 0 bridgehead atoms. The van der Waals surface area contributed by atoms with Gasteiger partial charge < -0.3 is 14.4 Å². The van der Waals surface area contributed by atoms with Crippen LogP contribution in [0.5, 0.6) is 11.5 Å². The van der Waals surface area contributed by atoms with E-state index in [0.717, 1.165) is 30.8 Å². The van der Waals surface area contributed by atoms with Gasteiger partial charge in [0.05, 0.1) is 19.8 Å². The van der Waals surface area contributed by atoms with Crippen LogP contribution in [-0.2, 0) is 14.6 Å². The monoisotopic (exact) mass is 344 g/mol. The normalized spacial score (nSPS) is 10.4. The molecular weight excluding hydrogens is 320 g/mol. The Hall–Kier alpha value is -2.53. The number of rotatable bonds is 13. The minimum Gasteiger partial charge on any atom is -0.494 e. The summed E-state index contributed by atoms with van der Waals surface area (Å²) in [6, 6.07) is 19.5. The van der Waals surface area contributed by atoms with E-state index < -0.39 is 0 Å². The molecule has 0 unspecified atom stereocenters. The van der Waals surface area contributed by atoms with Gasteiger partial charge in [0, 0.05) is 0 Å². The molecule has 0 aliphatic heterocycles. The average molecular weight is 344 g/mol. The maximum absolute atomic E-state index is 10.1. The second-order valence-electron chi connectivity index (χ2n) is 5.57. The Balaban J connectivity index is 1.72. The zero-order valence-corrected chi connectivity index (χ0v) is 14.2. The fraction of sp³-hybridized carbons (Fsp3) is 0.350. The molecule has 134 valence electrons. The Labute approximate surface area is 148 Å². The number of hydrogen-bond donors (Lipinski definition) is 0. The van der Waals surface area contributed by atoms with Crippen molar-refractivity contribution in [3.63, 3.8) is 0 Å². The molecule has 0 aliphatic carbocycles. The van der Waals surface area contributed by atoms with Crippen LogP contribution >= 0.6 is 0 Å². The number of carbonyl (C=O) groups excluding carboxylic acids is 1. The lowest BCUT2D eigenvalue weighted by Crippen LogP contribution is -2.14. The number of benzene rings is 2. The molecule has 2 aromatic carbocycles. The first-order valence-electron chi connectivity index (χ1n) is 8.46. The van der Waals surface area contributed by atoms with Gasteiger partial charge in [0.2, 0.25) is 0 Å². The SMILES string of the molecule is O=COOCCC(CCOc1ccccc1)CCOc1ccccc1. The van der Waals surface area contributed by atoms with Crippen molar-refractivity contribution in [2.24, 2.45) is 5.92 Å². The van der Waals surface area contributed by atoms with Gasteiger partial charge in [0.1, 0.15) is 11.5 Å². The van der Waals surface area contributed by atoms with Crippen molar-refractivity contribution in [2.75, 3.05) is 19.8 Å². The number of para-hydroxylation sites is 2. The van der Waals surface area contributed by atoms with Crippen LogP contribution in [-0.4, -0.2) is 26.3 Å². The molecule has 0 aromatic heterocycles. The minimum atomic E-state index is 0.284. The molecular formula is C20H24O5. The fourth-order valence-corrected chi connectivity index (χ4v) is 2.44. The van der Waals surface area contributed by atoms with Crippen molar-refractivity contribution < 1.29 is 24.0 Å². The van der Waals surface area contributed by atoms with Crippen LogP contribution in [0, 0.1) is 5.92 Å². The number of hydrogen-bond acceptors (Lipinski definition) is 5. The van der Waals surface area contributed by atoms with E-state index in [0.29, 0.717) is 25.7 Å². The first-order valence-corrected chi connectivity index (χ1v) is 8.46. The van der Waals surface area contributed by atoms with Crippen LogP contribution in [0.15, 0.2) is 60.7 Å². The number of carbonyl (C=O) groups is 1. The molecule has 2 aromatic rings. The fourth-order valence-electron chi connectivity index (χ4n) is 2.44. The summed E-state index contributed by atoms with van der Waals surface area (Å²) in [5, 5.41) is 0. The van der Waals surface area contributed by atoms with Crippen molar-refractivity contribution in [3.05, 3.63) is 60.7 Å². The second-order valence-corrected chi connectivity index (χ2v) is 5.57. The Bertz CT molecular complexity index is 528. The van der Waals surface area contributed by atoms with Crippen molar-refractivity contribution >= 4 is 6.47 Å². The second kappa shape index (κ2) is 11.9. The molecule has 5 nitrogen and oxygen atoms in total. The lowest BCUT2D eigenvalue weighted by molar-refractivity contribution is -0.260. The number of ether oxygens (including phenoxy) is 2. The van der Waals surface area contributed by atoms with E-state index in [9.17, 15) is 4.79 Å². The molecule has 0 saturated carbocycles. The van der Waals surface area contributed by atoms with Gasteiger partial charge in [0.25, 0.3) is 0 Å². The van der Waals surface area contributed by atoms with Crippen molar-refractivity contribution in [2.45, 2.75) is 19.3 Å². The lowest BCUT2D eigenvalue weighted by Gasteiger charge is -2.17. The van der Waals surface area contributed by atoms with Crippen LogP contribution in [0.2, 0.25) is 0 Å². The smallest absolute Gasteiger partial charge is 0.330 e. The van der Waals surface area contributed by atoms with Gasteiger partial charge >= 0.3 is 6.47 Å². The molecule has 0 spiro atoms. The van der Waals surface area contributed by atoms with Gasteiger partial charge in [0.15, 0.2) is 0 Å². The summed E-state index contributed by atoms with van der Waals surface area (Å²) < 4.78 is 11.5. The van der Waals surface area contributed by atoms with Gasteiger partial charge in [-0.25, -0.2) is 0 Å². The molecule has 5 heteroatoms. The summed E-state index contributed by atoms with van der Waals surface area (Å²) in [6.45, 7) is 1.88. The molecule has 25 heavy (non-hydrogen) atoms. The zero-order valence-electron chi connectivity index (χ0n) is 14.2. The third-order valence-electron chi connectivity index (χ3n) is 3.79. The predicted octanol–water partition coefficient (Wildman–Crippen LogP) is 4.04. The highest BCUT2D eigenvalue weighted by molar-refractivity contribution is 5.35. The van der Waals surface area contributed by atoms with Gasteiger partial charge in [-0.15, -0.1) is 0 Å². The highest BCUT2D eigenvalue weighted by atomic mass is 17.2. The predicted molar refractivity (Wildman–Crippen MR) is 94.3 cm³/mol. The van der Waals surface area contributed by atoms with E-state index in [1.54, 1.807) is 0 Å². The largest absolute Gasteiger partial charge is 0.494 e. The quantitative estimate of drug-likeness (QED) is 0.238. The molecule has 0 N–H and O–H groups in total. The highest BCUT2D eigenvalue weighted by Crippen LogP contribution is 2.17. The Morgan fingerprint density at radius 1 is 0.720 bits per heavy atom. The zero-order chi connectivity index (χ0) is 17.6. The van der Waals surface area contributed by atoms with E-state index >= 15 is 0 Å². The topological polar surface area (TPSA) is 54.0 Å². The third-order valence-corrected chi connectivity index (χ3v) is 3.79. The summed E-state index contributed by atoms with van der Waals surface area (Å²) in [7, 11) is 0.